The quantitative estimate of drug-likeness (QED) is 0.0312. The third kappa shape index (κ3) is 15.2. The van der Waals surface area contributed by atoms with Gasteiger partial charge in [-0.3, -0.25) is 44.6 Å². The highest BCUT2D eigenvalue weighted by molar-refractivity contribution is 6.43. The van der Waals surface area contributed by atoms with Gasteiger partial charge in [-0.1, -0.05) is 0 Å². The van der Waals surface area contributed by atoms with Gasteiger partial charge in [0, 0.05) is 44.5 Å². The summed E-state index contributed by atoms with van der Waals surface area (Å²) in [6.45, 7) is 2.38. The van der Waals surface area contributed by atoms with Crippen molar-refractivity contribution in [1.82, 2.24) is 36.9 Å². The number of nitrogens with zero attached hydrogens (tertiary/aromatic N) is 2. The van der Waals surface area contributed by atoms with E-state index in [1.165, 1.54) is 30.3 Å². The zero-order chi connectivity index (χ0) is 40.3. The summed E-state index contributed by atoms with van der Waals surface area (Å²) in [5.74, 6) is -4.53. The zero-order valence-electron chi connectivity index (χ0n) is 30.9. The van der Waals surface area contributed by atoms with Crippen LogP contribution in [0.25, 0.3) is 0 Å². The summed E-state index contributed by atoms with van der Waals surface area (Å²) in [4.78, 5) is 92.0. The molecule has 0 radical (unpaired) electrons. The fourth-order valence-corrected chi connectivity index (χ4v) is 6.07. The molecule has 5 atom stereocenters. The Morgan fingerprint density at radius 3 is 2.29 bits per heavy atom. The topological polar surface area (TPSA) is 306 Å². The summed E-state index contributed by atoms with van der Waals surface area (Å²) >= 11 is 0. The standard InChI is InChI=1S/C34H53BN10O10/c1-21(33(51)45-16-6-8-27(45)35(54)55)40-31(49)22-11-13-23(14-12-22)43-44-29(47)10-3-2-9-28(46)38-15-5-4-7-25(34(52)53)42-32(50)26(41-30(48)18-36)17-24-19-37-20-39-24/h11-14,20-21,24-27,43,54-55H,2-10,15-19,36H2,1H3,(H,37,39)(H,38,46)(H,40,49)(H,41,48)(H,42,50)(H,44,47)(H,52,53)/t21-,24?,25+,26+,27+/m1/s1. The molecular weight excluding hydrogens is 719 g/mol. The maximum absolute atomic E-state index is 12.8. The molecule has 1 fully saturated rings. The van der Waals surface area contributed by atoms with E-state index in [-0.39, 0.29) is 55.6 Å². The summed E-state index contributed by atoms with van der Waals surface area (Å²) in [5, 5.41) is 42.0. The first-order valence-corrected chi connectivity index (χ1v) is 18.5. The van der Waals surface area contributed by atoms with Gasteiger partial charge in [-0.05, 0) is 76.1 Å². The number of rotatable bonds is 23. The van der Waals surface area contributed by atoms with Crippen LogP contribution in [0.2, 0.25) is 0 Å². The number of carboxylic acid groups (broad SMARTS) is 1. The van der Waals surface area contributed by atoms with Crippen LogP contribution in [0.5, 0.6) is 0 Å². The molecule has 1 aromatic rings. The lowest BCUT2D eigenvalue weighted by molar-refractivity contribution is -0.142. The van der Waals surface area contributed by atoms with E-state index in [0.717, 1.165) is 0 Å². The fraction of sp³-hybridized carbons (Fsp3) is 0.588. The molecule has 0 spiro atoms. The molecule has 0 bridgehead atoms. The number of carbonyl (C=O) groups excluding carboxylic acids is 6. The number of hydrogen-bond donors (Lipinski definition) is 11. The molecule has 55 heavy (non-hydrogen) atoms. The third-order valence-corrected chi connectivity index (χ3v) is 9.13. The Morgan fingerprint density at radius 2 is 1.65 bits per heavy atom. The number of amides is 6. The first-order chi connectivity index (χ1) is 26.3. The maximum Gasteiger partial charge on any atom is 0.475 e. The van der Waals surface area contributed by atoms with Gasteiger partial charge in [-0.25, -0.2) is 4.79 Å². The average molecular weight is 773 g/mol. The number of carbonyl (C=O) groups is 7. The molecule has 6 amide bonds. The molecule has 21 heteroatoms. The summed E-state index contributed by atoms with van der Waals surface area (Å²) < 4.78 is 0. The van der Waals surface area contributed by atoms with Crippen molar-refractivity contribution in [3.05, 3.63) is 29.8 Å². The first kappa shape index (κ1) is 44.1. The Kier molecular flexibility index (Phi) is 18.3. The minimum atomic E-state index is -1.65. The molecule has 20 nitrogen and oxygen atoms in total. The Hall–Kier alpha value is -5.28. The van der Waals surface area contributed by atoms with Gasteiger partial charge in [0.25, 0.3) is 5.91 Å². The number of nitrogens with two attached hydrogens (primary N) is 1. The van der Waals surface area contributed by atoms with Gasteiger partial charge in [-0.2, -0.15) is 0 Å². The Morgan fingerprint density at radius 1 is 0.945 bits per heavy atom. The van der Waals surface area contributed by atoms with Gasteiger partial charge in [0.1, 0.15) is 18.1 Å². The molecule has 0 saturated carbocycles. The van der Waals surface area contributed by atoms with Crippen molar-refractivity contribution < 1.29 is 48.7 Å². The zero-order valence-corrected chi connectivity index (χ0v) is 30.9. The SMILES string of the molecule is C[C@@H](NC(=O)c1ccc(NNC(=O)CCCCC(=O)NCCCC[C@H](NC(=O)[C@H](CC2CNC=N2)NC(=O)CN)C(=O)O)cc1)C(=O)N1CCC[C@H]1B(O)O. The number of aliphatic carboxylic acids is 1. The third-order valence-electron chi connectivity index (χ3n) is 9.13. The first-order valence-electron chi connectivity index (χ1n) is 18.5. The lowest BCUT2D eigenvalue weighted by Gasteiger charge is -2.27. The lowest BCUT2D eigenvalue weighted by atomic mass is 9.78. The van der Waals surface area contributed by atoms with Crippen molar-refractivity contribution in [2.75, 3.05) is 31.6 Å². The van der Waals surface area contributed by atoms with Crippen LogP contribution in [0.3, 0.4) is 0 Å². The van der Waals surface area contributed by atoms with Crippen molar-refractivity contribution >= 4 is 60.6 Å². The highest BCUT2D eigenvalue weighted by atomic mass is 16.4. The number of hydrogen-bond acceptors (Lipinski definition) is 13. The monoisotopic (exact) mass is 772 g/mol. The number of aliphatic imine (C=N–C) groups is 1. The van der Waals surface area contributed by atoms with Crippen LogP contribution < -0.4 is 43.2 Å². The molecule has 2 aliphatic heterocycles. The van der Waals surface area contributed by atoms with Gasteiger partial charge in [0.15, 0.2) is 0 Å². The minimum absolute atomic E-state index is 0.112. The highest BCUT2D eigenvalue weighted by Gasteiger charge is 2.38. The second kappa shape index (κ2) is 22.8. The van der Waals surface area contributed by atoms with Crippen molar-refractivity contribution in [1.29, 1.82) is 0 Å². The fourth-order valence-electron chi connectivity index (χ4n) is 6.07. The van der Waals surface area contributed by atoms with Crippen molar-refractivity contribution in [3.63, 3.8) is 0 Å². The van der Waals surface area contributed by atoms with Gasteiger partial charge in [-0.15, -0.1) is 0 Å². The number of likely N-dealkylation sites (tertiary alicyclic amines) is 1. The smallest absolute Gasteiger partial charge is 0.475 e. The molecule has 0 aliphatic carbocycles. The maximum atomic E-state index is 12.8. The van der Waals surface area contributed by atoms with E-state index < -0.39 is 60.8 Å². The molecule has 1 aromatic carbocycles. The normalized spacial score (nSPS) is 17.6. The lowest BCUT2D eigenvalue weighted by Crippen LogP contribution is -2.53. The Labute approximate surface area is 319 Å². The van der Waals surface area contributed by atoms with Gasteiger partial charge in [0.2, 0.25) is 29.5 Å². The molecule has 0 aromatic heterocycles. The van der Waals surface area contributed by atoms with E-state index in [9.17, 15) is 48.7 Å². The number of nitrogens with one attached hydrogen (secondary N) is 7. The predicted molar refractivity (Wildman–Crippen MR) is 201 cm³/mol. The Balaban J connectivity index is 1.26. The summed E-state index contributed by atoms with van der Waals surface area (Å²) in [6, 6.07) is 2.87. The molecule has 1 unspecified atom stereocenters. The minimum Gasteiger partial charge on any atom is -0.480 e. The number of anilines is 1. The molecule has 1 saturated heterocycles. The van der Waals surface area contributed by atoms with Gasteiger partial charge >= 0.3 is 13.1 Å². The molecule has 2 heterocycles. The summed E-state index contributed by atoms with van der Waals surface area (Å²) in [7, 11) is -1.65. The average Bonchev–Trinajstić information content (AvgIpc) is 3.87. The van der Waals surface area contributed by atoms with E-state index in [1.54, 1.807) is 12.1 Å². The number of hydrazine groups is 1. The number of carboxylic acids is 1. The largest absolute Gasteiger partial charge is 0.480 e. The summed E-state index contributed by atoms with van der Waals surface area (Å²) in [6.07, 6.45) is 5.03. The van der Waals surface area contributed by atoms with Crippen LogP contribution >= 0.6 is 0 Å². The van der Waals surface area contributed by atoms with E-state index in [4.69, 9.17) is 5.73 Å². The second-order valence-electron chi connectivity index (χ2n) is 13.5. The van der Waals surface area contributed by atoms with Crippen LogP contribution in [0.15, 0.2) is 29.3 Å². The van der Waals surface area contributed by atoms with Crippen molar-refractivity contribution in [3.8, 4) is 0 Å². The van der Waals surface area contributed by atoms with Crippen LogP contribution in [-0.2, 0) is 28.8 Å². The molecule has 302 valence electrons. The van der Waals surface area contributed by atoms with Gasteiger partial charge < -0.3 is 52.4 Å². The molecular formula is C34H53BN10O10. The molecule has 12 N–H and O–H groups in total. The predicted octanol–water partition coefficient (Wildman–Crippen LogP) is -2.50. The van der Waals surface area contributed by atoms with E-state index in [1.807, 2.05) is 0 Å². The van der Waals surface area contributed by atoms with E-state index in [2.05, 4.69) is 42.4 Å². The number of unbranched alkanes of at least 4 members (excludes halogenated alkanes) is 2. The van der Waals surface area contributed by atoms with Crippen LogP contribution in [0, 0.1) is 0 Å². The van der Waals surface area contributed by atoms with E-state index >= 15 is 0 Å². The van der Waals surface area contributed by atoms with Crippen molar-refractivity contribution in [2.24, 2.45) is 10.7 Å². The second-order valence-corrected chi connectivity index (χ2v) is 13.5. The summed E-state index contributed by atoms with van der Waals surface area (Å²) in [5.41, 5.74) is 11.5. The van der Waals surface area contributed by atoms with E-state index in [0.29, 0.717) is 63.8 Å². The van der Waals surface area contributed by atoms with Gasteiger partial charge in [0.05, 0.1) is 30.6 Å². The molecule has 2 aliphatic rings. The van der Waals surface area contributed by atoms with Crippen LogP contribution in [-0.4, -0.2) is 131 Å². The van der Waals surface area contributed by atoms with Crippen LogP contribution in [0.4, 0.5) is 5.69 Å². The number of benzene rings is 1. The Bertz CT molecular complexity index is 1520. The highest BCUT2D eigenvalue weighted by Crippen LogP contribution is 2.19. The van der Waals surface area contributed by atoms with Crippen molar-refractivity contribution in [2.45, 2.75) is 101 Å². The van der Waals surface area contributed by atoms with Crippen LogP contribution in [0.1, 0.15) is 81.5 Å². The molecule has 3 rings (SSSR count).